The van der Waals surface area contributed by atoms with Crippen LogP contribution >= 0.6 is 35.6 Å². The van der Waals surface area contributed by atoms with Crippen LogP contribution in [0.4, 0.5) is 0 Å². The molecule has 2 rings (SSSR count). The lowest BCUT2D eigenvalue weighted by molar-refractivity contribution is -0.132. The Balaban J connectivity index is 0.00000288. The molecule has 0 atom stereocenters. The van der Waals surface area contributed by atoms with Crippen LogP contribution in [0, 0.1) is 0 Å². The highest BCUT2D eigenvalue weighted by Gasteiger charge is 2.31. The zero-order valence-electron chi connectivity index (χ0n) is 13.0. The van der Waals surface area contributed by atoms with E-state index in [1.807, 2.05) is 0 Å². The minimum absolute atomic E-state index is 0. The van der Waals surface area contributed by atoms with E-state index in [2.05, 4.69) is 0 Å². The molecule has 0 unspecified atom stereocenters. The number of nitrogens with two attached hydrogens (primary N) is 1. The maximum Gasteiger partial charge on any atom is 0.244 e. The molecule has 0 saturated carbocycles. The van der Waals surface area contributed by atoms with Crippen molar-refractivity contribution in [2.75, 3.05) is 32.7 Å². The number of hydrogen-bond donors (Lipinski definition) is 1. The van der Waals surface area contributed by atoms with Gasteiger partial charge in [-0.15, -0.1) is 12.4 Å². The second-order valence-electron chi connectivity index (χ2n) is 5.23. The molecule has 1 aromatic carbocycles. The van der Waals surface area contributed by atoms with E-state index in [0.29, 0.717) is 32.5 Å². The number of halogens is 3. The normalized spacial score (nSPS) is 15.9. The average molecular weight is 417 g/mol. The predicted molar refractivity (Wildman–Crippen MR) is 97.3 cm³/mol. The quantitative estimate of drug-likeness (QED) is 0.795. The summed E-state index contributed by atoms with van der Waals surface area (Å²) in [5.41, 5.74) is 5.39. The van der Waals surface area contributed by atoms with Crippen LogP contribution in [0.2, 0.25) is 10.0 Å². The van der Waals surface area contributed by atoms with Gasteiger partial charge in [-0.25, -0.2) is 8.42 Å². The molecule has 1 aliphatic heterocycles. The molecular formula is C14H20Cl3N3O3S. The van der Waals surface area contributed by atoms with Gasteiger partial charge < -0.3 is 10.6 Å². The number of nitrogens with zero attached hydrogens (tertiary/aromatic N) is 2. The Labute approximate surface area is 158 Å². The summed E-state index contributed by atoms with van der Waals surface area (Å²) in [6.45, 7) is 1.66. The topological polar surface area (TPSA) is 83.7 Å². The highest BCUT2D eigenvalue weighted by molar-refractivity contribution is 7.89. The van der Waals surface area contributed by atoms with E-state index in [-0.39, 0.29) is 46.3 Å². The lowest BCUT2D eigenvalue weighted by Gasteiger charge is -2.34. The van der Waals surface area contributed by atoms with Crippen molar-refractivity contribution < 1.29 is 13.2 Å². The highest BCUT2D eigenvalue weighted by Crippen LogP contribution is 2.31. The van der Waals surface area contributed by atoms with Gasteiger partial charge in [-0.1, -0.05) is 29.3 Å². The molecular weight excluding hydrogens is 397 g/mol. The zero-order chi connectivity index (χ0) is 17.0. The maximum atomic E-state index is 12.7. The van der Waals surface area contributed by atoms with Gasteiger partial charge in [0.15, 0.2) is 0 Å². The van der Waals surface area contributed by atoms with E-state index >= 15 is 0 Å². The molecule has 1 heterocycles. The molecule has 2 N–H and O–H groups in total. The lowest BCUT2D eigenvalue weighted by atomic mass is 10.2. The standard InChI is InChI=1S/C14H19Cl2N3O3S.ClH/c15-11-3-1-4-12(14(11)16)23(21,22)19-9-7-18(8-10-19)13(20)5-2-6-17;/h1,3-4H,2,5-10,17H2;1H. The van der Waals surface area contributed by atoms with Gasteiger partial charge in [0.25, 0.3) is 0 Å². The Kier molecular flexibility index (Phi) is 8.25. The van der Waals surface area contributed by atoms with Crippen LogP contribution in [0.1, 0.15) is 12.8 Å². The molecule has 0 bridgehead atoms. The molecule has 24 heavy (non-hydrogen) atoms. The number of hydrogen-bond acceptors (Lipinski definition) is 4. The molecule has 6 nitrogen and oxygen atoms in total. The second-order valence-corrected chi connectivity index (χ2v) is 7.92. The first-order chi connectivity index (χ1) is 10.9. The number of rotatable bonds is 5. The van der Waals surface area contributed by atoms with Gasteiger partial charge in [-0.3, -0.25) is 4.79 Å². The summed E-state index contributed by atoms with van der Waals surface area (Å²) < 4.78 is 26.7. The fraction of sp³-hybridized carbons (Fsp3) is 0.500. The van der Waals surface area contributed by atoms with Crippen molar-refractivity contribution in [3.05, 3.63) is 28.2 Å². The second kappa shape index (κ2) is 9.22. The molecule has 1 saturated heterocycles. The zero-order valence-corrected chi connectivity index (χ0v) is 16.1. The van der Waals surface area contributed by atoms with Crippen molar-refractivity contribution in [2.24, 2.45) is 5.73 Å². The fourth-order valence-corrected chi connectivity index (χ4v) is 4.57. The number of carbonyl (C=O) groups is 1. The largest absolute Gasteiger partial charge is 0.340 e. The predicted octanol–water partition coefficient (Wildman–Crippen LogP) is 1.99. The third kappa shape index (κ3) is 4.74. The van der Waals surface area contributed by atoms with Gasteiger partial charge in [0.2, 0.25) is 15.9 Å². The number of sulfonamides is 1. The van der Waals surface area contributed by atoms with E-state index < -0.39 is 10.0 Å². The number of benzene rings is 1. The van der Waals surface area contributed by atoms with E-state index in [0.717, 1.165) is 0 Å². The third-order valence-electron chi connectivity index (χ3n) is 3.72. The van der Waals surface area contributed by atoms with E-state index in [9.17, 15) is 13.2 Å². The van der Waals surface area contributed by atoms with Crippen LogP contribution in [0.25, 0.3) is 0 Å². The SMILES string of the molecule is Cl.NCCCC(=O)N1CCN(S(=O)(=O)c2cccc(Cl)c2Cl)CC1. The molecule has 0 aromatic heterocycles. The minimum atomic E-state index is -3.72. The van der Waals surface area contributed by atoms with E-state index in [1.54, 1.807) is 11.0 Å². The lowest BCUT2D eigenvalue weighted by Crippen LogP contribution is -2.50. The van der Waals surface area contributed by atoms with E-state index in [4.69, 9.17) is 28.9 Å². The van der Waals surface area contributed by atoms with Crippen LogP contribution in [0.3, 0.4) is 0 Å². The smallest absolute Gasteiger partial charge is 0.244 e. The van der Waals surface area contributed by atoms with Crippen LogP contribution < -0.4 is 5.73 Å². The van der Waals surface area contributed by atoms with Crippen LogP contribution in [0.15, 0.2) is 23.1 Å². The molecule has 136 valence electrons. The molecule has 1 aliphatic rings. The van der Waals surface area contributed by atoms with E-state index in [1.165, 1.54) is 16.4 Å². The maximum absolute atomic E-state index is 12.7. The summed E-state index contributed by atoms with van der Waals surface area (Å²) >= 11 is 11.9. The van der Waals surface area contributed by atoms with Crippen molar-refractivity contribution in [3.8, 4) is 0 Å². The van der Waals surface area contributed by atoms with Gasteiger partial charge in [0.05, 0.1) is 10.0 Å². The minimum Gasteiger partial charge on any atom is -0.340 e. The molecule has 1 aromatic rings. The summed E-state index contributed by atoms with van der Waals surface area (Å²) in [4.78, 5) is 13.6. The first-order valence-electron chi connectivity index (χ1n) is 7.30. The molecule has 1 amide bonds. The number of carbonyl (C=O) groups excluding carboxylic acids is 1. The molecule has 1 fully saturated rings. The van der Waals surface area contributed by atoms with Crippen molar-refractivity contribution in [3.63, 3.8) is 0 Å². The number of amides is 1. The van der Waals surface area contributed by atoms with Gasteiger partial charge in [0, 0.05) is 32.6 Å². The Hall–Kier alpha value is -0.570. The van der Waals surface area contributed by atoms with Crippen molar-refractivity contribution in [1.82, 2.24) is 9.21 Å². The summed E-state index contributed by atoms with van der Waals surface area (Å²) in [5, 5.41) is 0.221. The van der Waals surface area contributed by atoms with Gasteiger partial charge in [-0.05, 0) is 25.1 Å². The van der Waals surface area contributed by atoms with Crippen molar-refractivity contribution in [1.29, 1.82) is 0 Å². The Morgan fingerprint density at radius 3 is 2.38 bits per heavy atom. The summed E-state index contributed by atoms with van der Waals surface area (Å²) in [6, 6.07) is 4.52. The third-order valence-corrected chi connectivity index (χ3v) is 6.59. The molecule has 10 heteroatoms. The summed E-state index contributed by atoms with van der Waals surface area (Å²) in [5.74, 6) is 0.00767. The summed E-state index contributed by atoms with van der Waals surface area (Å²) in [7, 11) is -3.72. The van der Waals surface area contributed by atoms with Gasteiger partial charge >= 0.3 is 0 Å². The van der Waals surface area contributed by atoms with Crippen LogP contribution in [0.5, 0.6) is 0 Å². The molecule has 0 aliphatic carbocycles. The molecule has 0 spiro atoms. The highest BCUT2D eigenvalue weighted by atomic mass is 35.5. The summed E-state index contributed by atoms with van der Waals surface area (Å²) in [6.07, 6.45) is 1.03. The van der Waals surface area contributed by atoms with Crippen molar-refractivity contribution in [2.45, 2.75) is 17.7 Å². The van der Waals surface area contributed by atoms with Crippen LogP contribution in [-0.4, -0.2) is 56.3 Å². The van der Waals surface area contributed by atoms with Crippen LogP contribution in [-0.2, 0) is 14.8 Å². The van der Waals surface area contributed by atoms with Gasteiger partial charge in [-0.2, -0.15) is 4.31 Å². The van der Waals surface area contributed by atoms with Crippen molar-refractivity contribution >= 4 is 51.5 Å². The monoisotopic (exact) mass is 415 g/mol. The number of piperazine rings is 1. The Morgan fingerprint density at radius 1 is 1.17 bits per heavy atom. The van der Waals surface area contributed by atoms with Gasteiger partial charge in [0.1, 0.15) is 4.90 Å². The Bertz CT molecular complexity index is 677. The molecule has 0 radical (unpaired) electrons. The average Bonchev–Trinajstić information content (AvgIpc) is 2.55. The first-order valence-corrected chi connectivity index (χ1v) is 9.49. The first kappa shape index (κ1) is 21.5. The Morgan fingerprint density at radius 2 is 1.79 bits per heavy atom. The fourth-order valence-electron chi connectivity index (χ4n) is 2.41.